The van der Waals surface area contributed by atoms with Crippen LogP contribution in [0.3, 0.4) is 0 Å². The highest BCUT2D eigenvalue weighted by atomic mass is 16.5. The zero-order chi connectivity index (χ0) is 14.0. The van der Waals surface area contributed by atoms with Crippen LogP contribution in [0.15, 0.2) is 24.3 Å². The van der Waals surface area contributed by atoms with Crippen molar-refractivity contribution in [1.29, 1.82) is 0 Å². The number of hydrogen-bond acceptors (Lipinski definition) is 3. The Morgan fingerprint density at radius 1 is 1.37 bits per heavy atom. The number of nitrogens with zero attached hydrogens (tertiary/aromatic N) is 1. The Balaban J connectivity index is 2.34. The molecule has 1 aliphatic rings. The molecule has 2 rings (SSSR count). The van der Waals surface area contributed by atoms with Crippen LogP contribution in [0.25, 0.3) is 0 Å². The Bertz CT molecular complexity index is 484. The van der Waals surface area contributed by atoms with Crippen LogP contribution in [0, 0.1) is 5.92 Å². The molecule has 0 spiro atoms. The number of primary amides is 1. The molecule has 0 unspecified atom stereocenters. The van der Waals surface area contributed by atoms with Gasteiger partial charge in [-0.05, 0) is 24.1 Å². The van der Waals surface area contributed by atoms with Gasteiger partial charge in [-0.3, -0.25) is 9.59 Å². The van der Waals surface area contributed by atoms with Gasteiger partial charge in [0.25, 0.3) is 0 Å². The second-order valence-corrected chi connectivity index (χ2v) is 4.77. The maximum absolute atomic E-state index is 11.8. The van der Waals surface area contributed by atoms with Crippen LogP contribution in [0.1, 0.15) is 24.4 Å². The molecule has 0 bridgehead atoms. The summed E-state index contributed by atoms with van der Waals surface area (Å²) in [6.45, 7) is 0. The fourth-order valence-corrected chi connectivity index (χ4v) is 2.59. The average molecular weight is 262 g/mol. The predicted octanol–water partition coefficient (Wildman–Crippen LogP) is 1.09. The van der Waals surface area contributed by atoms with E-state index in [1.54, 1.807) is 19.1 Å². The van der Waals surface area contributed by atoms with Crippen LogP contribution in [0.2, 0.25) is 0 Å². The van der Waals surface area contributed by atoms with Crippen LogP contribution in [0.4, 0.5) is 0 Å². The van der Waals surface area contributed by atoms with Crippen molar-refractivity contribution in [2.75, 3.05) is 14.2 Å². The van der Waals surface area contributed by atoms with E-state index in [4.69, 9.17) is 10.5 Å². The van der Waals surface area contributed by atoms with Gasteiger partial charge in [0.2, 0.25) is 11.8 Å². The van der Waals surface area contributed by atoms with Gasteiger partial charge in [-0.15, -0.1) is 0 Å². The summed E-state index contributed by atoms with van der Waals surface area (Å²) in [7, 11) is 3.31. The third kappa shape index (κ3) is 2.54. The lowest BCUT2D eigenvalue weighted by atomic mass is 9.84. The first kappa shape index (κ1) is 13.4. The topological polar surface area (TPSA) is 72.6 Å². The van der Waals surface area contributed by atoms with E-state index in [2.05, 4.69) is 0 Å². The molecular weight excluding hydrogens is 244 g/mol. The van der Waals surface area contributed by atoms with E-state index in [0.29, 0.717) is 12.8 Å². The van der Waals surface area contributed by atoms with E-state index in [1.165, 1.54) is 0 Å². The fraction of sp³-hybridized carbons (Fsp3) is 0.429. The fourth-order valence-electron chi connectivity index (χ4n) is 2.59. The number of ether oxygens (including phenoxy) is 1. The predicted molar refractivity (Wildman–Crippen MR) is 70.4 cm³/mol. The third-order valence-electron chi connectivity index (χ3n) is 3.68. The van der Waals surface area contributed by atoms with Gasteiger partial charge in [0, 0.05) is 13.5 Å². The van der Waals surface area contributed by atoms with E-state index < -0.39 is 0 Å². The number of carbonyl (C=O) groups excluding carboxylic acids is 2. The molecular formula is C14H18N2O3. The van der Waals surface area contributed by atoms with Gasteiger partial charge in [0.05, 0.1) is 19.1 Å². The summed E-state index contributed by atoms with van der Waals surface area (Å²) in [5.41, 5.74) is 6.36. The quantitative estimate of drug-likeness (QED) is 0.886. The number of carbonyl (C=O) groups is 2. The van der Waals surface area contributed by atoms with E-state index in [1.807, 2.05) is 24.3 Å². The van der Waals surface area contributed by atoms with Crippen LogP contribution in [-0.4, -0.2) is 30.9 Å². The number of nitrogens with two attached hydrogens (primary N) is 1. The number of hydrogen-bond donors (Lipinski definition) is 1. The SMILES string of the molecule is COc1ccc([C@@H]2[C@H](C(N)=O)CCC(=O)N2C)cc1. The standard InChI is InChI=1S/C14H18N2O3/c1-16-12(17)8-7-11(14(15)18)13(16)9-3-5-10(19-2)6-4-9/h3-6,11,13H,7-8H2,1-2H3,(H2,15,18)/t11-,13-/m1/s1. The van der Waals surface area contributed by atoms with Crippen LogP contribution >= 0.6 is 0 Å². The van der Waals surface area contributed by atoms with E-state index >= 15 is 0 Å². The number of amides is 2. The molecule has 1 aliphatic heterocycles. The van der Waals surface area contributed by atoms with Crippen molar-refractivity contribution in [3.05, 3.63) is 29.8 Å². The highest BCUT2D eigenvalue weighted by molar-refractivity contribution is 5.83. The van der Waals surface area contributed by atoms with Gasteiger partial charge < -0.3 is 15.4 Å². The lowest BCUT2D eigenvalue weighted by molar-refractivity contribution is -0.140. The molecule has 2 N–H and O–H groups in total. The summed E-state index contributed by atoms with van der Waals surface area (Å²) in [6.07, 6.45) is 0.881. The summed E-state index contributed by atoms with van der Waals surface area (Å²) in [4.78, 5) is 25.0. The second kappa shape index (κ2) is 5.30. The highest BCUT2D eigenvalue weighted by Crippen LogP contribution is 2.35. The van der Waals surface area contributed by atoms with Crippen molar-refractivity contribution in [2.45, 2.75) is 18.9 Å². The minimum atomic E-state index is -0.361. The smallest absolute Gasteiger partial charge is 0.222 e. The number of methoxy groups -OCH3 is 1. The molecule has 19 heavy (non-hydrogen) atoms. The minimum Gasteiger partial charge on any atom is -0.497 e. The molecule has 102 valence electrons. The molecule has 1 heterocycles. The lowest BCUT2D eigenvalue weighted by Gasteiger charge is -2.37. The van der Waals surface area contributed by atoms with Crippen molar-refractivity contribution >= 4 is 11.8 Å². The van der Waals surface area contributed by atoms with Gasteiger partial charge in [-0.25, -0.2) is 0 Å². The molecule has 2 amide bonds. The normalized spacial score (nSPS) is 23.3. The van der Waals surface area contributed by atoms with Crippen LogP contribution < -0.4 is 10.5 Å². The molecule has 1 saturated heterocycles. The first-order valence-electron chi connectivity index (χ1n) is 6.23. The first-order valence-corrected chi connectivity index (χ1v) is 6.23. The summed E-state index contributed by atoms with van der Waals surface area (Å²) in [5, 5.41) is 0. The Kier molecular flexibility index (Phi) is 3.74. The highest BCUT2D eigenvalue weighted by Gasteiger charge is 2.37. The molecule has 2 atom stereocenters. The monoisotopic (exact) mass is 262 g/mol. The Hall–Kier alpha value is -2.04. The molecule has 1 aromatic carbocycles. The summed E-state index contributed by atoms with van der Waals surface area (Å²) >= 11 is 0. The molecule has 0 saturated carbocycles. The number of likely N-dealkylation sites (tertiary alicyclic amines) is 1. The molecule has 0 aliphatic carbocycles. The third-order valence-corrected chi connectivity index (χ3v) is 3.68. The minimum absolute atomic E-state index is 0.0401. The summed E-state index contributed by atoms with van der Waals surface area (Å²) in [6, 6.07) is 7.09. The Morgan fingerprint density at radius 3 is 2.53 bits per heavy atom. The molecule has 0 aromatic heterocycles. The molecule has 1 aromatic rings. The lowest BCUT2D eigenvalue weighted by Crippen LogP contribution is -2.44. The maximum atomic E-state index is 11.8. The van der Waals surface area contributed by atoms with Crippen molar-refractivity contribution < 1.29 is 14.3 Å². The maximum Gasteiger partial charge on any atom is 0.222 e. The second-order valence-electron chi connectivity index (χ2n) is 4.77. The molecule has 0 radical (unpaired) electrons. The van der Waals surface area contributed by atoms with Crippen molar-refractivity contribution in [1.82, 2.24) is 4.90 Å². The average Bonchev–Trinajstić information content (AvgIpc) is 2.41. The van der Waals surface area contributed by atoms with Crippen LogP contribution in [-0.2, 0) is 9.59 Å². The van der Waals surface area contributed by atoms with E-state index in [9.17, 15) is 9.59 Å². The number of benzene rings is 1. The van der Waals surface area contributed by atoms with Crippen molar-refractivity contribution in [2.24, 2.45) is 11.7 Å². The molecule has 5 heteroatoms. The van der Waals surface area contributed by atoms with Crippen molar-refractivity contribution in [3.8, 4) is 5.75 Å². The van der Waals surface area contributed by atoms with Gasteiger partial charge in [-0.2, -0.15) is 0 Å². The van der Waals surface area contributed by atoms with Gasteiger partial charge >= 0.3 is 0 Å². The Morgan fingerprint density at radius 2 is 2.00 bits per heavy atom. The number of rotatable bonds is 3. The molecule has 5 nitrogen and oxygen atoms in total. The zero-order valence-electron chi connectivity index (χ0n) is 11.1. The van der Waals surface area contributed by atoms with Crippen molar-refractivity contribution in [3.63, 3.8) is 0 Å². The van der Waals surface area contributed by atoms with Gasteiger partial charge in [-0.1, -0.05) is 12.1 Å². The van der Waals surface area contributed by atoms with Crippen LogP contribution in [0.5, 0.6) is 5.75 Å². The summed E-state index contributed by atoms with van der Waals surface area (Å²) < 4.78 is 5.11. The zero-order valence-corrected chi connectivity index (χ0v) is 11.1. The first-order chi connectivity index (χ1) is 9.04. The summed E-state index contributed by atoms with van der Waals surface area (Å²) in [5.74, 6) is 0.0822. The van der Waals surface area contributed by atoms with E-state index in [0.717, 1.165) is 11.3 Å². The molecule has 1 fully saturated rings. The Labute approximate surface area is 112 Å². The number of piperidine rings is 1. The van der Waals surface area contributed by atoms with Gasteiger partial charge in [0.15, 0.2) is 0 Å². The largest absolute Gasteiger partial charge is 0.497 e. The van der Waals surface area contributed by atoms with Gasteiger partial charge in [0.1, 0.15) is 5.75 Å². The van der Waals surface area contributed by atoms with E-state index in [-0.39, 0.29) is 23.8 Å².